The van der Waals surface area contributed by atoms with Crippen LogP contribution in [0.1, 0.15) is 22.5 Å². The first kappa shape index (κ1) is 21.3. The van der Waals surface area contributed by atoms with Crippen molar-refractivity contribution < 1.29 is 4.79 Å². The maximum absolute atomic E-state index is 13.7. The standard InChI is InChI=1S/C25H20ClN5O/c26-21-10-4-11-22(15-21)31-24(16-23(29-31)20-8-2-1-3-9-20)25(32)30(14-6-12-27)18-19-7-5-13-28-17-19/h1-5,7-11,13,15-17H,6,14,18H2. The monoisotopic (exact) mass is 441 g/mol. The molecule has 0 N–H and O–H groups in total. The highest BCUT2D eigenvalue weighted by Crippen LogP contribution is 2.24. The summed E-state index contributed by atoms with van der Waals surface area (Å²) in [4.78, 5) is 19.5. The van der Waals surface area contributed by atoms with E-state index in [1.165, 1.54) is 0 Å². The predicted octanol–water partition coefficient (Wildman–Crippen LogP) is 5.14. The van der Waals surface area contributed by atoms with Crippen LogP contribution in [0.2, 0.25) is 5.02 Å². The van der Waals surface area contributed by atoms with Gasteiger partial charge < -0.3 is 4.90 Å². The van der Waals surface area contributed by atoms with Crippen LogP contribution < -0.4 is 0 Å². The Bertz CT molecular complexity index is 1250. The minimum atomic E-state index is -0.223. The maximum Gasteiger partial charge on any atom is 0.272 e. The van der Waals surface area contributed by atoms with Crippen LogP contribution in [-0.4, -0.2) is 32.1 Å². The summed E-state index contributed by atoms with van der Waals surface area (Å²) >= 11 is 6.21. The zero-order valence-electron chi connectivity index (χ0n) is 17.2. The van der Waals surface area contributed by atoms with Gasteiger partial charge in [-0.25, -0.2) is 4.68 Å². The van der Waals surface area contributed by atoms with Gasteiger partial charge in [-0.2, -0.15) is 10.4 Å². The summed E-state index contributed by atoms with van der Waals surface area (Å²) < 4.78 is 1.61. The summed E-state index contributed by atoms with van der Waals surface area (Å²) in [6.45, 7) is 0.640. The largest absolute Gasteiger partial charge is 0.332 e. The van der Waals surface area contributed by atoms with Crippen molar-refractivity contribution in [1.82, 2.24) is 19.7 Å². The second-order valence-corrected chi connectivity index (χ2v) is 7.61. The smallest absolute Gasteiger partial charge is 0.272 e. The van der Waals surface area contributed by atoms with Crippen LogP contribution in [0.4, 0.5) is 0 Å². The normalized spacial score (nSPS) is 10.5. The van der Waals surface area contributed by atoms with Crippen molar-refractivity contribution in [2.75, 3.05) is 6.54 Å². The van der Waals surface area contributed by atoms with Crippen LogP contribution >= 0.6 is 11.6 Å². The summed E-state index contributed by atoms with van der Waals surface area (Å²) in [6.07, 6.45) is 3.63. The number of hydrogen-bond donors (Lipinski definition) is 0. The van der Waals surface area contributed by atoms with Gasteiger partial charge in [-0.3, -0.25) is 9.78 Å². The van der Waals surface area contributed by atoms with E-state index >= 15 is 0 Å². The van der Waals surface area contributed by atoms with Gasteiger partial charge in [-0.1, -0.05) is 54.1 Å². The van der Waals surface area contributed by atoms with Gasteiger partial charge in [-0.05, 0) is 35.9 Å². The molecule has 4 aromatic rings. The van der Waals surface area contributed by atoms with Crippen molar-refractivity contribution in [3.05, 3.63) is 101 Å². The molecule has 2 aromatic heterocycles. The predicted molar refractivity (Wildman–Crippen MR) is 123 cm³/mol. The summed E-state index contributed by atoms with van der Waals surface area (Å²) in [5, 5.41) is 14.4. The molecular weight excluding hydrogens is 422 g/mol. The third kappa shape index (κ3) is 4.85. The zero-order chi connectivity index (χ0) is 22.3. The summed E-state index contributed by atoms with van der Waals surface area (Å²) in [5.41, 5.74) is 3.54. The molecule has 0 spiro atoms. The van der Waals surface area contributed by atoms with Gasteiger partial charge in [0.05, 0.1) is 23.9 Å². The lowest BCUT2D eigenvalue weighted by Gasteiger charge is -2.22. The number of amides is 1. The van der Waals surface area contributed by atoms with Gasteiger partial charge in [-0.15, -0.1) is 0 Å². The molecule has 0 aliphatic rings. The number of aromatic nitrogens is 3. The topological polar surface area (TPSA) is 74.8 Å². The minimum Gasteiger partial charge on any atom is -0.332 e. The maximum atomic E-state index is 13.7. The summed E-state index contributed by atoms with van der Waals surface area (Å²) in [7, 11) is 0. The van der Waals surface area contributed by atoms with Gasteiger partial charge in [0.25, 0.3) is 5.91 Å². The van der Waals surface area contributed by atoms with Gasteiger partial charge in [0.1, 0.15) is 5.69 Å². The Balaban J connectivity index is 1.77. The molecule has 0 fully saturated rings. The van der Waals surface area contributed by atoms with Crippen LogP contribution in [0.3, 0.4) is 0 Å². The third-order valence-corrected chi connectivity index (χ3v) is 5.16. The molecule has 0 saturated carbocycles. The molecule has 0 aliphatic carbocycles. The van der Waals surface area contributed by atoms with Crippen molar-refractivity contribution in [2.24, 2.45) is 0 Å². The first-order valence-corrected chi connectivity index (χ1v) is 10.5. The van der Waals surface area contributed by atoms with E-state index in [4.69, 9.17) is 22.0 Å². The van der Waals surface area contributed by atoms with Crippen molar-refractivity contribution >= 4 is 17.5 Å². The van der Waals surface area contributed by atoms with Crippen LogP contribution in [-0.2, 0) is 6.54 Å². The number of halogens is 1. The molecule has 0 unspecified atom stereocenters. The van der Waals surface area contributed by atoms with Gasteiger partial charge in [0, 0.05) is 36.1 Å². The van der Waals surface area contributed by atoms with Gasteiger partial charge in [0.2, 0.25) is 0 Å². The highest BCUT2D eigenvalue weighted by atomic mass is 35.5. The van der Waals surface area contributed by atoms with E-state index in [0.29, 0.717) is 35.2 Å². The number of carbonyl (C=O) groups is 1. The molecule has 0 aliphatic heterocycles. The summed E-state index contributed by atoms with van der Waals surface area (Å²) in [6, 6.07) is 24.5. The highest BCUT2D eigenvalue weighted by molar-refractivity contribution is 6.30. The Morgan fingerprint density at radius 1 is 1.06 bits per heavy atom. The molecule has 6 nitrogen and oxygen atoms in total. The average Bonchev–Trinajstić information content (AvgIpc) is 3.28. The van der Waals surface area contributed by atoms with Crippen molar-refractivity contribution in [1.29, 1.82) is 5.26 Å². The average molecular weight is 442 g/mol. The van der Waals surface area contributed by atoms with Crippen LogP contribution in [0, 0.1) is 11.3 Å². The molecule has 158 valence electrons. The van der Waals surface area contributed by atoms with E-state index in [1.807, 2.05) is 54.6 Å². The molecule has 0 radical (unpaired) electrons. The van der Waals surface area contributed by atoms with E-state index in [9.17, 15) is 4.79 Å². The zero-order valence-corrected chi connectivity index (χ0v) is 18.0. The van der Waals surface area contributed by atoms with Crippen molar-refractivity contribution in [3.8, 4) is 23.0 Å². The van der Waals surface area contributed by atoms with E-state index < -0.39 is 0 Å². The first-order valence-electron chi connectivity index (χ1n) is 10.1. The second-order valence-electron chi connectivity index (χ2n) is 7.17. The lowest BCUT2D eigenvalue weighted by atomic mass is 10.1. The number of hydrogen-bond acceptors (Lipinski definition) is 4. The molecular formula is C25H20ClN5O. The Labute approximate surface area is 191 Å². The van der Waals surface area contributed by atoms with Crippen LogP contribution in [0.25, 0.3) is 16.9 Å². The molecule has 7 heteroatoms. The molecule has 2 heterocycles. The van der Waals surface area contributed by atoms with Crippen LogP contribution in [0.5, 0.6) is 0 Å². The lowest BCUT2D eigenvalue weighted by molar-refractivity contribution is 0.0737. The van der Waals surface area contributed by atoms with Crippen molar-refractivity contribution in [3.63, 3.8) is 0 Å². The van der Waals surface area contributed by atoms with E-state index in [-0.39, 0.29) is 12.3 Å². The first-order chi connectivity index (χ1) is 15.7. The minimum absolute atomic E-state index is 0.223. The Kier molecular flexibility index (Phi) is 6.59. The lowest BCUT2D eigenvalue weighted by Crippen LogP contribution is -2.33. The fraction of sp³-hybridized carbons (Fsp3) is 0.120. The van der Waals surface area contributed by atoms with E-state index in [1.54, 1.807) is 40.2 Å². The Hall–Kier alpha value is -3.95. The SMILES string of the molecule is N#CCCN(Cc1cccnc1)C(=O)c1cc(-c2ccccc2)nn1-c1cccc(Cl)c1. The number of nitrogens with zero attached hydrogens (tertiary/aromatic N) is 5. The number of carbonyl (C=O) groups excluding carboxylic acids is 1. The molecule has 4 rings (SSSR count). The molecule has 0 saturated heterocycles. The van der Waals surface area contributed by atoms with Crippen molar-refractivity contribution in [2.45, 2.75) is 13.0 Å². The Morgan fingerprint density at radius 2 is 1.91 bits per heavy atom. The third-order valence-electron chi connectivity index (χ3n) is 4.93. The van der Waals surface area contributed by atoms with E-state index in [0.717, 1.165) is 11.1 Å². The van der Waals surface area contributed by atoms with E-state index in [2.05, 4.69) is 11.1 Å². The molecule has 2 aromatic carbocycles. The number of rotatable bonds is 7. The van der Waals surface area contributed by atoms with Gasteiger partial charge >= 0.3 is 0 Å². The number of benzene rings is 2. The number of nitriles is 1. The molecule has 0 atom stereocenters. The fourth-order valence-electron chi connectivity index (χ4n) is 3.40. The highest BCUT2D eigenvalue weighted by Gasteiger charge is 2.23. The number of pyridine rings is 1. The fourth-order valence-corrected chi connectivity index (χ4v) is 3.58. The van der Waals surface area contributed by atoms with Gasteiger partial charge in [0.15, 0.2) is 0 Å². The second kappa shape index (κ2) is 9.90. The summed E-state index contributed by atoms with van der Waals surface area (Å²) in [5.74, 6) is -0.223. The molecule has 1 amide bonds. The molecule has 32 heavy (non-hydrogen) atoms. The quantitative estimate of drug-likeness (QED) is 0.397. The van der Waals surface area contributed by atoms with Crippen LogP contribution in [0.15, 0.2) is 85.2 Å². The molecule has 0 bridgehead atoms. The Morgan fingerprint density at radius 3 is 2.62 bits per heavy atom.